The lowest BCUT2D eigenvalue weighted by molar-refractivity contribution is 0.653. The SMILES string of the molecule is Cc1ccc2c(n1)oc1c(-c3cc4sc5c(c4cn3)CCCC5)cccc12. The lowest BCUT2D eigenvalue weighted by atomic mass is 9.97. The standard InChI is InChI=1S/C23H18N2OS/c1-13-9-10-16-15-6-4-7-17(22(15)26-23(16)25-13)19-11-21-18(12-24-19)14-5-2-3-8-20(14)27-21/h4,6-7,9-12H,2-3,5,8H2,1H3. The number of aromatic nitrogens is 2. The van der Waals surface area contributed by atoms with Crippen LogP contribution in [0.2, 0.25) is 0 Å². The van der Waals surface area contributed by atoms with Gasteiger partial charge >= 0.3 is 0 Å². The summed E-state index contributed by atoms with van der Waals surface area (Å²) in [6, 6.07) is 12.6. The number of hydrogen-bond donors (Lipinski definition) is 0. The maximum Gasteiger partial charge on any atom is 0.227 e. The summed E-state index contributed by atoms with van der Waals surface area (Å²) in [6.07, 6.45) is 7.08. The molecule has 132 valence electrons. The average Bonchev–Trinajstić information content (AvgIpc) is 3.24. The molecule has 4 aromatic heterocycles. The second-order valence-corrected chi connectivity index (χ2v) is 8.50. The molecule has 0 radical (unpaired) electrons. The fourth-order valence-electron chi connectivity index (χ4n) is 4.28. The average molecular weight is 370 g/mol. The van der Waals surface area contributed by atoms with Crippen molar-refractivity contribution in [1.82, 2.24) is 9.97 Å². The van der Waals surface area contributed by atoms with Gasteiger partial charge in [-0.05, 0) is 62.4 Å². The van der Waals surface area contributed by atoms with Crippen molar-refractivity contribution in [1.29, 1.82) is 0 Å². The first kappa shape index (κ1) is 15.3. The van der Waals surface area contributed by atoms with Gasteiger partial charge < -0.3 is 4.42 Å². The molecule has 0 fully saturated rings. The largest absolute Gasteiger partial charge is 0.437 e. The van der Waals surface area contributed by atoms with Gasteiger partial charge in [-0.15, -0.1) is 11.3 Å². The van der Waals surface area contributed by atoms with E-state index in [4.69, 9.17) is 9.40 Å². The Bertz CT molecular complexity index is 1350. The van der Waals surface area contributed by atoms with Crippen molar-refractivity contribution < 1.29 is 4.42 Å². The second-order valence-electron chi connectivity index (χ2n) is 7.37. The van der Waals surface area contributed by atoms with E-state index in [0.717, 1.165) is 33.3 Å². The molecular weight excluding hydrogens is 352 g/mol. The minimum atomic E-state index is 0.699. The van der Waals surface area contributed by atoms with E-state index in [2.05, 4.69) is 41.5 Å². The minimum Gasteiger partial charge on any atom is -0.437 e. The van der Waals surface area contributed by atoms with Crippen molar-refractivity contribution in [3.8, 4) is 11.3 Å². The molecule has 4 heteroatoms. The molecule has 0 saturated heterocycles. The number of nitrogens with zero attached hydrogens (tertiary/aromatic N) is 2. The monoisotopic (exact) mass is 370 g/mol. The smallest absolute Gasteiger partial charge is 0.227 e. The zero-order chi connectivity index (χ0) is 18.0. The molecule has 27 heavy (non-hydrogen) atoms. The van der Waals surface area contributed by atoms with Gasteiger partial charge in [-0.3, -0.25) is 4.98 Å². The van der Waals surface area contributed by atoms with Crippen LogP contribution in [-0.2, 0) is 12.8 Å². The van der Waals surface area contributed by atoms with Crippen LogP contribution in [0.3, 0.4) is 0 Å². The highest BCUT2D eigenvalue weighted by Crippen LogP contribution is 2.39. The molecule has 0 spiro atoms. The number of furan rings is 1. The Hall–Kier alpha value is -2.72. The predicted molar refractivity (Wildman–Crippen MR) is 112 cm³/mol. The molecule has 0 bridgehead atoms. The second kappa shape index (κ2) is 5.64. The Morgan fingerprint density at radius 2 is 1.93 bits per heavy atom. The minimum absolute atomic E-state index is 0.699. The number of hydrogen-bond acceptors (Lipinski definition) is 4. The first-order valence-electron chi connectivity index (χ1n) is 9.47. The van der Waals surface area contributed by atoms with E-state index in [1.807, 2.05) is 24.3 Å². The van der Waals surface area contributed by atoms with Gasteiger partial charge in [-0.2, -0.15) is 0 Å². The highest BCUT2D eigenvalue weighted by molar-refractivity contribution is 7.19. The summed E-state index contributed by atoms with van der Waals surface area (Å²) in [5, 5.41) is 3.50. The molecule has 6 rings (SSSR count). The Labute approximate surface area is 160 Å². The van der Waals surface area contributed by atoms with Gasteiger partial charge in [0.2, 0.25) is 5.71 Å². The molecule has 0 aliphatic heterocycles. The van der Waals surface area contributed by atoms with Crippen LogP contribution in [0, 0.1) is 6.92 Å². The Kier molecular flexibility index (Phi) is 3.20. The normalized spacial score (nSPS) is 14.3. The number of rotatable bonds is 1. The van der Waals surface area contributed by atoms with Crippen LogP contribution in [0.25, 0.3) is 43.4 Å². The zero-order valence-electron chi connectivity index (χ0n) is 15.1. The maximum absolute atomic E-state index is 6.16. The van der Waals surface area contributed by atoms with Gasteiger partial charge in [-0.1, -0.05) is 12.1 Å². The quantitative estimate of drug-likeness (QED) is 0.340. The lowest BCUT2D eigenvalue weighted by Crippen LogP contribution is -1.97. The molecule has 0 unspecified atom stereocenters. The molecule has 0 amide bonds. The van der Waals surface area contributed by atoms with Crippen LogP contribution in [-0.4, -0.2) is 9.97 Å². The number of benzene rings is 1. The van der Waals surface area contributed by atoms with E-state index in [0.29, 0.717) is 5.71 Å². The molecular formula is C23H18N2OS. The third-order valence-electron chi connectivity index (χ3n) is 5.62. The summed E-state index contributed by atoms with van der Waals surface area (Å²) < 4.78 is 7.51. The topological polar surface area (TPSA) is 38.9 Å². The van der Waals surface area contributed by atoms with E-state index < -0.39 is 0 Å². The summed E-state index contributed by atoms with van der Waals surface area (Å²) in [4.78, 5) is 10.9. The zero-order valence-corrected chi connectivity index (χ0v) is 15.9. The van der Waals surface area contributed by atoms with E-state index in [-0.39, 0.29) is 0 Å². The van der Waals surface area contributed by atoms with Gasteiger partial charge in [0.25, 0.3) is 0 Å². The molecule has 1 aromatic carbocycles. The summed E-state index contributed by atoms with van der Waals surface area (Å²) in [5.41, 5.74) is 6.08. The lowest BCUT2D eigenvalue weighted by Gasteiger charge is -2.10. The Balaban J connectivity index is 1.59. The predicted octanol–water partition coefficient (Wildman–Crippen LogP) is 6.44. The van der Waals surface area contributed by atoms with Gasteiger partial charge in [0.05, 0.1) is 5.69 Å². The van der Waals surface area contributed by atoms with Gasteiger partial charge in [-0.25, -0.2) is 4.98 Å². The highest BCUT2D eigenvalue weighted by atomic mass is 32.1. The third-order valence-corrected chi connectivity index (χ3v) is 6.88. The Morgan fingerprint density at radius 3 is 2.89 bits per heavy atom. The summed E-state index contributed by atoms with van der Waals surface area (Å²) in [6.45, 7) is 1.99. The molecule has 5 aromatic rings. The summed E-state index contributed by atoms with van der Waals surface area (Å²) >= 11 is 1.94. The molecule has 1 aliphatic rings. The molecule has 0 atom stereocenters. The van der Waals surface area contributed by atoms with Crippen LogP contribution in [0.5, 0.6) is 0 Å². The Morgan fingerprint density at radius 1 is 1.00 bits per heavy atom. The van der Waals surface area contributed by atoms with E-state index in [9.17, 15) is 0 Å². The van der Waals surface area contributed by atoms with Crippen LogP contribution in [0.15, 0.2) is 47.0 Å². The van der Waals surface area contributed by atoms with Crippen molar-refractivity contribution in [2.75, 3.05) is 0 Å². The fraction of sp³-hybridized carbons (Fsp3) is 0.217. The van der Waals surface area contributed by atoms with Gasteiger partial charge in [0.15, 0.2) is 0 Å². The van der Waals surface area contributed by atoms with Crippen molar-refractivity contribution >= 4 is 43.5 Å². The van der Waals surface area contributed by atoms with E-state index in [1.54, 1.807) is 4.88 Å². The van der Waals surface area contributed by atoms with E-state index in [1.165, 1.54) is 41.3 Å². The first-order chi connectivity index (χ1) is 13.3. The maximum atomic E-state index is 6.16. The molecule has 3 nitrogen and oxygen atoms in total. The van der Waals surface area contributed by atoms with Crippen LogP contribution in [0.4, 0.5) is 0 Å². The summed E-state index contributed by atoms with van der Waals surface area (Å²) in [7, 11) is 0. The molecule has 0 saturated carbocycles. The number of pyridine rings is 2. The number of aryl methyl sites for hydroxylation is 3. The van der Waals surface area contributed by atoms with Gasteiger partial charge in [0.1, 0.15) is 5.58 Å². The van der Waals surface area contributed by atoms with Crippen molar-refractivity contribution in [2.45, 2.75) is 32.6 Å². The van der Waals surface area contributed by atoms with E-state index >= 15 is 0 Å². The fourth-order valence-corrected chi connectivity index (χ4v) is 5.58. The van der Waals surface area contributed by atoms with Crippen LogP contribution in [0.1, 0.15) is 29.0 Å². The molecule has 0 N–H and O–H groups in total. The molecule has 4 heterocycles. The third kappa shape index (κ3) is 2.26. The first-order valence-corrected chi connectivity index (χ1v) is 10.3. The van der Waals surface area contributed by atoms with Crippen LogP contribution < -0.4 is 0 Å². The highest BCUT2D eigenvalue weighted by Gasteiger charge is 2.18. The van der Waals surface area contributed by atoms with Crippen LogP contribution >= 0.6 is 11.3 Å². The number of thiophene rings is 1. The summed E-state index contributed by atoms with van der Waals surface area (Å²) in [5.74, 6) is 0. The van der Waals surface area contributed by atoms with Gasteiger partial charge in [0, 0.05) is 43.2 Å². The van der Waals surface area contributed by atoms with Crippen molar-refractivity contribution in [3.63, 3.8) is 0 Å². The number of para-hydroxylation sites is 1. The van der Waals surface area contributed by atoms with Crippen molar-refractivity contribution in [2.24, 2.45) is 0 Å². The number of fused-ring (bicyclic) bond motifs is 6. The van der Waals surface area contributed by atoms with Crippen molar-refractivity contribution in [3.05, 3.63) is 58.7 Å². The molecule has 1 aliphatic carbocycles.